The molecule has 1 aliphatic heterocycles. The van der Waals surface area contributed by atoms with Crippen LogP contribution in [0.2, 0.25) is 0 Å². The summed E-state index contributed by atoms with van der Waals surface area (Å²) >= 11 is 0. The number of aromatic nitrogens is 4. The van der Waals surface area contributed by atoms with Crippen LogP contribution in [0, 0.1) is 5.92 Å². The largest absolute Gasteiger partial charge is 0.416 e. The lowest BCUT2D eigenvalue weighted by Gasteiger charge is -2.30. The van der Waals surface area contributed by atoms with E-state index in [1.807, 2.05) is 0 Å². The van der Waals surface area contributed by atoms with Crippen LogP contribution >= 0.6 is 0 Å². The second-order valence-electron chi connectivity index (χ2n) is 5.43. The highest BCUT2D eigenvalue weighted by atomic mass is 19.4. The van der Waals surface area contributed by atoms with Crippen molar-refractivity contribution in [2.24, 2.45) is 5.92 Å². The molecule has 0 unspecified atom stereocenters. The van der Waals surface area contributed by atoms with Crippen LogP contribution in [0.15, 0.2) is 30.6 Å². The Morgan fingerprint density at radius 2 is 2.18 bits per heavy atom. The van der Waals surface area contributed by atoms with Crippen LogP contribution in [-0.2, 0) is 6.18 Å². The van der Waals surface area contributed by atoms with Gasteiger partial charge in [-0.05, 0) is 48.2 Å². The van der Waals surface area contributed by atoms with Gasteiger partial charge in [-0.3, -0.25) is 0 Å². The summed E-state index contributed by atoms with van der Waals surface area (Å²) in [6.45, 7) is 1.65. The van der Waals surface area contributed by atoms with Crippen molar-refractivity contribution < 1.29 is 13.2 Å². The molecule has 1 aliphatic rings. The van der Waals surface area contributed by atoms with Gasteiger partial charge in [0.05, 0.1) is 5.56 Å². The fourth-order valence-corrected chi connectivity index (χ4v) is 2.94. The number of benzene rings is 1. The summed E-state index contributed by atoms with van der Waals surface area (Å²) in [6, 6.07) is 5.03. The van der Waals surface area contributed by atoms with E-state index in [9.17, 15) is 13.2 Å². The molecule has 0 aliphatic carbocycles. The highest BCUT2D eigenvalue weighted by Crippen LogP contribution is 2.34. The van der Waals surface area contributed by atoms with Gasteiger partial charge in [-0.25, -0.2) is 0 Å². The highest BCUT2D eigenvalue weighted by molar-refractivity contribution is 5.28. The molecule has 8 heteroatoms. The third kappa shape index (κ3) is 3.11. The molecule has 0 saturated carbocycles. The lowest BCUT2D eigenvalue weighted by atomic mass is 9.87. The van der Waals surface area contributed by atoms with E-state index in [0.717, 1.165) is 32.0 Å². The van der Waals surface area contributed by atoms with Gasteiger partial charge in [0.1, 0.15) is 6.04 Å². The summed E-state index contributed by atoms with van der Waals surface area (Å²) in [5.74, 6) is 0.131. The number of piperidine rings is 1. The van der Waals surface area contributed by atoms with Crippen LogP contribution in [0.3, 0.4) is 0 Å². The summed E-state index contributed by atoms with van der Waals surface area (Å²) in [5, 5.41) is 14.9. The Kier molecular flexibility index (Phi) is 4.10. The summed E-state index contributed by atoms with van der Waals surface area (Å²) in [6.07, 6.45) is -1.16. The van der Waals surface area contributed by atoms with Crippen molar-refractivity contribution in [2.45, 2.75) is 25.1 Å². The average molecular weight is 311 g/mol. The molecule has 0 radical (unpaired) electrons. The monoisotopic (exact) mass is 311 g/mol. The molecule has 1 aromatic carbocycles. The van der Waals surface area contributed by atoms with Gasteiger partial charge in [-0.2, -0.15) is 18.0 Å². The number of rotatable bonds is 3. The third-order valence-electron chi connectivity index (χ3n) is 3.95. The SMILES string of the molecule is FC(F)(F)c1cccc([C@@H]([C@H]2CCCNC2)n2ncnn2)c1. The molecule has 1 aromatic heterocycles. The van der Waals surface area contributed by atoms with Crippen LogP contribution in [0.4, 0.5) is 13.2 Å². The molecule has 5 nitrogen and oxygen atoms in total. The van der Waals surface area contributed by atoms with E-state index in [1.54, 1.807) is 6.07 Å². The van der Waals surface area contributed by atoms with Crippen LogP contribution < -0.4 is 5.32 Å². The molecule has 3 rings (SSSR count). The highest BCUT2D eigenvalue weighted by Gasteiger charge is 2.33. The molecule has 1 saturated heterocycles. The van der Waals surface area contributed by atoms with Gasteiger partial charge >= 0.3 is 6.18 Å². The zero-order chi connectivity index (χ0) is 15.6. The van der Waals surface area contributed by atoms with Crippen molar-refractivity contribution in [3.8, 4) is 0 Å². The van der Waals surface area contributed by atoms with E-state index in [2.05, 4.69) is 20.7 Å². The molecule has 1 fully saturated rings. The Labute approximate surface area is 125 Å². The topological polar surface area (TPSA) is 55.6 Å². The molecule has 0 spiro atoms. The molecule has 2 heterocycles. The van der Waals surface area contributed by atoms with Gasteiger partial charge in [-0.1, -0.05) is 12.1 Å². The number of alkyl halides is 3. The second-order valence-corrected chi connectivity index (χ2v) is 5.43. The van der Waals surface area contributed by atoms with E-state index >= 15 is 0 Å². The van der Waals surface area contributed by atoms with Gasteiger partial charge in [-0.15, -0.1) is 10.2 Å². The molecule has 0 amide bonds. The Morgan fingerprint density at radius 1 is 1.32 bits per heavy atom. The first-order valence-electron chi connectivity index (χ1n) is 7.16. The summed E-state index contributed by atoms with van der Waals surface area (Å²) < 4.78 is 38.9. The van der Waals surface area contributed by atoms with E-state index in [0.29, 0.717) is 5.56 Å². The van der Waals surface area contributed by atoms with Gasteiger partial charge < -0.3 is 5.32 Å². The lowest BCUT2D eigenvalue weighted by Crippen LogP contribution is -2.36. The molecular weight excluding hydrogens is 295 g/mol. The number of hydrogen-bond acceptors (Lipinski definition) is 4. The normalized spacial score (nSPS) is 20.8. The smallest absolute Gasteiger partial charge is 0.316 e. The molecule has 22 heavy (non-hydrogen) atoms. The van der Waals surface area contributed by atoms with Crippen LogP contribution in [-0.4, -0.2) is 33.3 Å². The molecular formula is C14H16F3N5. The summed E-state index contributed by atoms with van der Waals surface area (Å²) in [4.78, 5) is 1.41. The first-order chi connectivity index (χ1) is 10.6. The van der Waals surface area contributed by atoms with E-state index < -0.39 is 11.7 Å². The van der Waals surface area contributed by atoms with Crippen molar-refractivity contribution in [3.05, 3.63) is 41.7 Å². The van der Waals surface area contributed by atoms with Gasteiger partial charge in [0.2, 0.25) is 0 Å². The number of nitrogens with zero attached hydrogens (tertiary/aromatic N) is 4. The predicted octanol–water partition coefficient (Wildman–Crippen LogP) is 2.28. The first kappa shape index (κ1) is 15.0. The average Bonchev–Trinajstić information content (AvgIpc) is 3.02. The Bertz CT molecular complexity index is 605. The quantitative estimate of drug-likeness (QED) is 0.945. The van der Waals surface area contributed by atoms with Crippen molar-refractivity contribution in [1.82, 2.24) is 25.5 Å². The van der Waals surface area contributed by atoms with Crippen LogP contribution in [0.5, 0.6) is 0 Å². The maximum absolute atomic E-state index is 13.0. The maximum Gasteiger partial charge on any atom is 0.416 e. The van der Waals surface area contributed by atoms with Crippen molar-refractivity contribution in [1.29, 1.82) is 0 Å². The second kappa shape index (κ2) is 6.04. The van der Waals surface area contributed by atoms with Crippen LogP contribution in [0.1, 0.15) is 30.0 Å². The van der Waals surface area contributed by atoms with Gasteiger partial charge in [0, 0.05) is 6.54 Å². The Morgan fingerprint density at radius 3 is 2.82 bits per heavy atom. The minimum absolute atomic E-state index is 0.131. The van der Waals surface area contributed by atoms with Crippen molar-refractivity contribution in [3.63, 3.8) is 0 Å². The molecule has 2 aromatic rings. The van der Waals surface area contributed by atoms with E-state index in [4.69, 9.17) is 0 Å². The minimum Gasteiger partial charge on any atom is -0.316 e. The van der Waals surface area contributed by atoms with Crippen molar-refractivity contribution >= 4 is 0 Å². The Hall–Kier alpha value is -1.96. The number of halogens is 3. The first-order valence-corrected chi connectivity index (χ1v) is 7.16. The van der Waals surface area contributed by atoms with E-state index in [-0.39, 0.29) is 12.0 Å². The lowest BCUT2D eigenvalue weighted by molar-refractivity contribution is -0.137. The zero-order valence-corrected chi connectivity index (χ0v) is 11.8. The number of hydrogen-bond donors (Lipinski definition) is 1. The standard InChI is InChI=1S/C14H16F3N5/c15-14(16,17)12-5-1-3-10(7-12)13(22-20-9-19-21-22)11-4-2-6-18-8-11/h1,3,5,7,9,11,13,18H,2,4,6,8H2/t11-,13-/m0/s1. The van der Waals surface area contributed by atoms with Gasteiger partial charge in [0.25, 0.3) is 0 Å². The fraction of sp³-hybridized carbons (Fsp3) is 0.500. The number of nitrogens with one attached hydrogen (secondary N) is 1. The zero-order valence-electron chi connectivity index (χ0n) is 11.8. The molecule has 118 valence electrons. The minimum atomic E-state index is -4.36. The number of tetrazole rings is 1. The predicted molar refractivity (Wildman–Crippen MR) is 73.0 cm³/mol. The molecule has 0 bridgehead atoms. The van der Waals surface area contributed by atoms with E-state index in [1.165, 1.54) is 23.3 Å². The third-order valence-corrected chi connectivity index (χ3v) is 3.95. The van der Waals surface area contributed by atoms with Crippen LogP contribution in [0.25, 0.3) is 0 Å². The molecule has 1 N–H and O–H groups in total. The summed E-state index contributed by atoms with van der Waals surface area (Å²) in [7, 11) is 0. The summed E-state index contributed by atoms with van der Waals surface area (Å²) in [5.41, 5.74) is -0.0968. The molecule has 2 atom stereocenters. The fourth-order valence-electron chi connectivity index (χ4n) is 2.94. The Balaban J connectivity index is 1.99. The van der Waals surface area contributed by atoms with Crippen molar-refractivity contribution in [2.75, 3.05) is 13.1 Å². The van der Waals surface area contributed by atoms with Gasteiger partial charge in [0.15, 0.2) is 6.33 Å². The maximum atomic E-state index is 13.0.